The van der Waals surface area contributed by atoms with Crippen molar-refractivity contribution in [2.75, 3.05) is 20.1 Å². The predicted molar refractivity (Wildman–Crippen MR) is 84.4 cm³/mol. The lowest BCUT2D eigenvalue weighted by molar-refractivity contribution is 0.0739. The van der Waals surface area contributed by atoms with Crippen molar-refractivity contribution in [2.24, 2.45) is 0 Å². The fraction of sp³-hybridized carbons (Fsp3) is 0.385. The lowest BCUT2D eigenvalue weighted by atomic mass is 10.1. The summed E-state index contributed by atoms with van der Waals surface area (Å²) >= 11 is 3.43. The standard InChI is InChI=1S/C13H15BrN4O.ClH/c1-18(9-4-5-15-7-9)13(19)12-10-6-8(14)2-3-11(10)16-17-12;/h2-3,6,9,15H,4-5,7H2,1H3,(H,16,17);1H. The number of aromatic nitrogens is 2. The molecule has 2 heterocycles. The number of rotatable bonds is 2. The number of fused-ring (bicyclic) bond motifs is 1. The van der Waals surface area contributed by atoms with Gasteiger partial charge in [0.15, 0.2) is 5.69 Å². The summed E-state index contributed by atoms with van der Waals surface area (Å²) in [5, 5.41) is 11.2. The quantitative estimate of drug-likeness (QED) is 0.864. The lowest BCUT2D eigenvalue weighted by Crippen LogP contribution is -2.38. The fourth-order valence-corrected chi connectivity index (χ4v) is 2.81. The van der Waals surface area contributed by atoms with Gasteiger partial charge in [0, 0.05) is 29.5 Å². The minimum absolute atomic E-state index is 0. The number of likely N-dealkylation sites (N-methyl/N-ethyl adjacent to an activating group) is 1. The molecule has 1 saturated heterocycles. The summed E-state index contributed by atoms with van der Waals surface area (Å²) in [7, 11) is 1.85. The van der Waals surface area contributed by atoms with E-state index < -0.39 is 0 Å². The molecular weight excluding hydrogens is 344 g/mol. The second kappa shape index (κ2) is 6.11. The van der Waals surface area contributed by atoms with Gasteiger partial charge < -0.3 is 10.2 Å². The Kier molecular flexibility index (Phi) is 4.67. The largest absolute Gasteiger partial charge is 0.336 e. The van der Waals surface area contributed by atoms with Crippen LogP contribution in [0.1, 0.15) is 16.9 Å². The van der Waals surface area contributed by atoms with Crippen LogP contribution in [0, 0.1) is 0 Å². The van der Waals surface area contributed by atoms with Gasteiger partial charge in [0.25, 0.3) is 5.91 Å². The smallest absolute Gasteiger partial charge is 0.275 e. The first-order valence-electron chi connectivity index (χ1n) is 6.28. The van der Waals surface area contributed by atoms with E-state index in [0.717, 1.165) is 34.9 Å². The molecule has 0 aliphatic carbocycles. The zero-order valence-electron chi connectivity index (χ0n) is 11.0. The molecule has 2 aromatic rings. The summed E-state index contributed by atoms with van der Waals surface area (Å²) in [6, 6.07) is 6.03. The first-order valence-corrected chi connectivity index (χ1v) is 7.07. The molecule has 5 nitrogen and oxygen atoms in total. The molecule has 0 spiro atoms. The van der Waals surface area contributed by atoms with Gasteiger partial charge in [0.05, 0.1) is 5.52 Å². The first-order chi connectivity index (χ1) is 9.16. The molecule has 20 heavy (non-hydrogen) atoms. The van der Waals surface area contributed by atoms with Crippen molar-refractivity contribution in [3.8, 4) is 0 Å². The number of H-pyrrole nitrogens is 1. The summed E-state index contributed by atoms with van der Waals surface area (Å²) in [6.07, 6.45) is 0.994. The lowest BCUT2D eigenvalue weighted by Gasteiger charge is -2.22. The van der Waals surface area contributed by atoms with E-state index in [1.807, 2.05) is 25.2 Å². The van der Waals surface area contributed by atoms with Gasteiger partial charge in [-0.3, -0.25) is 9.89 Å². The summed E-state index contributed by atoms with van der Waals surface area (Å²) in [5.74, 6) is -0.0296. The molecule has 1 aromatic carbocycles. The number of aromatic amines is 1. The van der Waals surface area contributed by atoms with Gasteiger partial charge in [0.2, 0.25) is 0 Å². The molecule has 1 atom stereocenters. The Hall–Kier alpha value is -1.11. The second-order valence-electron chi connectivity index (χ2n) is 4.82. The second-order valence-corrected chi connectivity index (χ2v) is 5.74. The normalized spacial score (nSPS) is 18.0. The topological polar surface area (TPSA) is 61.0 Å². The number of hydrogen-bond donors (Lipinski definition) is 2. The van der Waals surface area contributed by atoms with Crippen LogP contribution < -0.4 is 5.32 Å². The molecule has 3 rings (SSSR count). The highest BCUT2D eigenvalue weighted by atomic mass is 79.9. The summed E-state index contributed by atoms with van der Waals surface area (Å²) in [6.45, 7) is 1.82. The van der Waals surface area contributed by atoms with Gasteiger partial charge in [-0.25, -0.2) is 0 Å². The van der Waals surface area contributed by atoms with Crippen LogP contribution in [0.5, 0.6) is 0 Å². The molecule has 1 amide bonds. The van der Waals surface area contributed by atoms with Gasteiger partial charge in [-0.05, 0) is 31.2 Å². The number of amides is 1. The van der Waals surface area contributed by atoms with Gasteiger partial charge in [-0.15, -0.1) is 12.4 Å². The van der Waals surface area contributed by atoms with E-state index in [0.29, 0.717) is 5.69 Å². The molecule has 1 aromatic heterocycles. The van der Waals surface area contributed by atoms with Crippen LogP contribution in [0.4, 0.5) is 0 Å². The van der Waals surface area contributed by atoms with E-state index in [1.165, 1.54) is 0 Å². The van der Waals surface area contributed by atoms with E-state index in [1.54, 1.807) is 4.90 Å². The highest BCUT2D eigenvalue weighted by Gasteiger charge is 2.26. The van der Waals surface area contributed by atoms with Gasteiger partial charge >= 0.3 is 0 Å². The summed E-state index contributed by atoms with van der Waals surface area (Å²) in [4.78, 5) is 14.3. The van der Waals surface area contributed by atoms with Crippen LogP contribution in [0.15, 0.2) is 22.7 Å². The number of halogens is 2. The number of carbonyl (C=O) groups excluding carboxylic acids is 1. The zero-order valence-corrected chi connectivity index (χ0v) is 13.4. The van der Waals surface area contributed by atoms with Crippen molar-refractivity contribution in [3.63, 3.8) is 0 Å². The summed E-state index contributed by atoms with van der Waals surface area (Å²) < 4.78 is 0.945. The molecule has 1 unspecified atom stereocenters. The maximum atomic E-state index is 12.5. The van der Waals surface area contributed by atoms with Crippen molar-refractivity contribution >= 4 is 45.1 Å². The first kappa shape index (κ1) is 15.3. The molecule has 108 valence electrons. The predicted octanol–water partition coefficient (Wildman–Crippen LogP) is 2.18. The Morgan fingerprint density at radius 2 is 2.30 bits per heavy atom. The van der Waals surface area contributed by atoms with Crippen LogP contribution in [0.3, 0.4) is 0 Å². The van der Waals surface area contributed by atoms with Gasteiger partial charge in [0.1, 0.15) is 0 Å². The molecule has 0 bridgehead atoms. The van der Waals surface area contributed by atoms with Crippen LogP contribution in [-0.2, 0) is 0 Å². The van der Waals surface area contributed by atoms with Crippen LogP contribution in [0.2, 0.25) is 0 Å². The minimum atomic E-state index is -0.0296. The van der Waals surface area contributed by atoms with E-state index in [2.05, 4.69) is 31.4 Å². The number of nitrogens with zero attached hydrogens (tertiary/aromatic N) is 2. The number of nitrogens with one attached hydrogen (secondary N) is 2. The van der Waals surface area contributed by atoms with Gasteiger partial charge in [-0.1, -0.05) is 15.9 Å². The minimum Gasteiger partial charge on any atom is -0.336 e. The molecule has 0 radical (unpaired) electrons. The number of hydrogen-bond acceptors (Lipinski definition) is 3. The van der Waals surface area contributed by atoms with Crippen molar-refractivity contribution in [1.29, 1.82) is 0 Å². The van der Waals surface area contributed by atoms with Gasteiger partial charge in [-0.2, -0.15) is 5.10 Å². The van der Waals surface area contributed by atoms with Crippen molar-refractivity contribution < 1.29 is 4.79 Å². The maximum absolute atomic E-state index is 12.5. The Bertz CT molecular complexity index is 624. The SMILES string of the molecule is CN(C(=O)c1n[nH]c2ccc(Br)cc12)C1CCNC1.Cl. The zero-order chi connectivity index (χ0) is 13.4. The Morgan fingerprint density at radius 3 is 3.00 bits per heavy atom. The number of carbonyl (C=O) groups is 1. The third-order valence-electron chi connectivity index (χ3n) is 3.63. The molecule has 1 aliphatic rings. The molecule has 7 heteroatoms. The third kappa shape index (κ3) is 2.68. The van der Waals surface area contributed by atoms with E-state index in [4.69, 9.17) is 0 Å². The number of benzene rings is 1. The average molecular weight is 360 g/mol. The van der Waals surface area contributed by atoms with Crippen molar-refractivity contribution in [2.45, 2.75) is 12.5 Å². The third-order valence-corrected chi connectivity index (χ3v) is 4.12. The molecule has 0 saturated carbocycles. The average Bonchev–Trinajstić information content (AvgIpc) is 3.05. The molecular formula is C13H16BrClN4O. The van der Waals surface area contributed by atoms with Crippen LogP contribution >= 0.6 is 28.3 Å². The molecule has 1 fully saturated rings. The van der Waals surface area contributed by atoms with Crippen molar-refractivity contribution in [3.05, 3.63) is 28.4 Å². The highest BCUT2D eigenvalue weighted by Crippen LogP contribution is 2.22. The Labute approximate surface area is 131 Å². The molecule has 1 aliphatic heterocycles. The van der Waals surface area contributed by atoms with E-state index in [9.17, 15) is 4.79 Å². The summed E-state index contributed by atoms with van der Waals surface area (Å²) in [5.41, 5.74) is 1.37. The van der Waals surface area contributed by atoms with E-state index >= 15 is 0 Å². The molecule has 2 N–H and O–H groups in total. The Balaban J connectivity index is 0.00000147. The van der Waals surface area contributed by atoms with Crippen LogP contribution in [-0.4, -0.2) is 47.2 Å². The Morgan fingerprint density at radius 1 is 1.50 bits per heavy atom. The van der Waals surface area contributed by atoms with Crippen molar-refractivity contribution in [1.82, 2.24) is 20.4 Å². The van der Waals surface area contributed by atoms with E-state index in [-0.39, 0.29) is 24.4 Å². The monoisotopic (exact) mass is 358 g/mol. The fourth-order valence-electron chi connectivity index (χ4n) is 2.45. The highest BCUT2D eigenvalue weighted by molar-refractivity contribution is 9.10. The van der Waals surface area contributed by atoms with Crippen LogP contribution in [0.25, 0.3) is 10.9 Å². The maximum Gasteiger partial charge on any atom is 0.275 e.